The van der Waals surface area contributed by atoms with Crippen LogP contribution < -0.4 is 10.6 Å². The molecular weight excluding hydrogens is 244 g/mol. The van der Waals surface area contributed by atoms with E-state index in [0.29, 0.717) is 0 Å². The third kappa shape index (κ3) is 5.94. The van der Waals surface area contributed by atoms with Crippen molar-refractivity contribution in [2.24, 2.45) is 5.92 Å². The maximum atomic E-state index is 11.1. The van der Waals surface area contributed by atoms with Crippen LogP contribution in [0.3, 0.4) is 0 Å². The first-order valence-electron chi connectivity index (χ1n) is 7.30. The maximum Gasteiger partial charge on any atom is 0.328 e. The summed E-state index contributed by atoms with van der Waals surface area (Å²) in [4.78, 5) is 22.1. The number of amides is 2. The lowest BCUT2D eigenvalue weighted by Crippen LogP contribution is -2.40. The lowest BCUT2D eigenvalue weighted by molar-refractivity contribution is -0.139. The van der Waals surface area contributed by atoms with E-state index in [4.69, 9.17) is 5.11 Å². The van der Waals surface area contributed by atoms with Crippen molar-refractivity contribution in [1.82, 2.24) is 10.6 Å². The van der Waals surface area contributed by atoms with E-state index in [2.05, 4.69) is 24.5 Å². The minimum Gasteiger partial charge on any atom is -0.480 e. The summed E-state index contributed by atoms with van der Waals surface area (Å²) in [6, 6.07) is -1.40. The van der Waals surface area contributed by atoms with Crippen LogP contribution in [-0.4, -0.2) is 29.2 Å². The zero-order chi connectivity index (χ0) is 14.3. The second kappa shape index (κ2) is 8.02. The van der Waals surface area contributed by atoms with Crippen molar-refractivity contribution in [3.05, 3.63) is 0 Å². The van der Waals surface area contributed by atoms with Gasteiger partial charge in [0, 0.05) is 0 Å². The molecule has 1 fully saturated rings. The third-order valence-corrected chi connectivity index (χ3v) is 3.57. The van der Waals surface area contributed by atoms with Crippen molar-refractivity contribution in [3.8, 4) is 0 Å². The Kier molecular flexibility index (Phi) is 6.67. The predicted molar refractivity (Wildman–Crippen MR) is 74.0 cm³/mol. The van der Waals surface area contributed by atoms with Crippen LogP contribution in [0.2, 0.25) is 0 Å². The molecule has 0 aliphatic carbocycles. The molecule has 0 spiro atoms. The van der Waals surface area contributed by atoms with Gasteiger partial charge in [-0.3, -0.25) is 0 Å². The highest BCUT2D eigenvalue weighted by Gasteiger charge is 2.36. The molecule has 1 aliphatic heterocycles. The molecule has 2 amide bonds. The Hall–Kier alpha value is -1.26. The monoisotopic (exact) mass is 270 g/mol. The average molecular weight is 270 g/mol. The maximum absolute atomic E-state index is 11.1. The summed E-state index contributed by atoms with van der Waals surface area (Å²) in [6.07, 6.45) is 7.81. The SMILES string of the molecule is CC(C)CCCCCCCC1NC(=O)NC1C(=O)O. The van der Waals surface area contributed by atoms with E-state index in [9.17, 15) is 9.59 Å². The molecule has 3 N–H and O–H groups in total. The molecule has 0 aromatic rings. The summed E-state index contributed by atoms with van der Waals surface area (Å²) in [6.45, 7) is 4.48. The molecule has 110 valence electrons. The topological polar surface area (TPSA) is 78.4 Å². The van der Waals surface area contributed by atoms with Gasteiger partial charge in [0.2, 0.25) is 0 Å². The number of carbonyl (C=O) groups is 2. The molecule has 2 unspecified atom stereocenters. The van der Waals surface area contributed by atoms with E-state index < -0.39 is 12.0 Å². The summed E-state index contributed by atoms with van der Waals surface area (Å²) in [5.74, 6) is -0.184. The summed E-state index contributed by atoms with van der Waals surface area (Å²) < 4.78 is 0. The number of hydrogen-bond donors (Lipinski definition) is 3. The van der Waals surface area contributed by atoms with Gasteiger partial charge in [0.25, 0.3) is 0 Å². The van der Waals surface area contributed by atoms with E-state index in [0.717, 1.165) is 25.2 Å². The molecule has 1 saturated heterocycles. The molecule has 0 saturated carbocycles. The van der Waals surface area contributed by atoms with Crippen LogP contribution in [0.5, 0.6) is 0 Å². The van der Waals surface area contributed by atoms with Crippen molar-refractivity contribution in [3.63, 3.8) is 0 Å². The Morgan fingerprint density at radius 2 is 1.79 bits per heavy atom. The molecule has 2 atom stereocenters. The van der Waals surface area contributed by atoms with Crippen molar-refractivity contribution in [2.45, 2.75) is 70.9 Å². The highest BCUT2D eigenvalue weighted by atomic mass is 16.4. The first-order chi connectivity index (χ1) is 9.00. The van der Waals surface area contributed by atoms with Crippen LogP contribution in [0.4, 0.5) is 4.79 Å². The Morgan fingerprint density at radius 1 is 1.16 bits per heavy atom. The summed E-state index contributed by atoms with van der Waals surface area (Å²) in [5.41, 5.74) is 0. The largest absolute Gasteiger partial charge is 0.480 e. The molecule has 5 heteroatoms. The fourth-order valence-electron chi connectivity index (χ4n) is 2.46. The third-order valence-electron chi connectivity index (χ3n) is 3.57. The van der Waals surface area contributed by atoms with E-state index in [1.807, 2.05) is 0 Å². The minimum atomic E-state index is -0.958. The molecule has 5 nitrogen and oxygen atoms in total. The molecule has 0 aromatic carbocycles. The number of rotatable bonds is 9. The number of carbonyl (C=O) groups excluding carboxylic acids is 1. The quantitative estimate of drug-likeness (QED) is 0.563. The molecule has 0 radical (unpaired) electrons. The molecule has 1 aliphatic rings. The lowest BCUT2D eigenvalue weighted by atomic mass is 10.0. The van der Waals surface area contributed by atoms with Gasteiger partial charge in [-0.1, -0.05) is 52.4 Å². The lowest BCUT2D eigenvalue weighted by Gasteiger charge is -2.14. The first kappa shape index (κ1) is 15.8. The van der Waals surface area contributed by atoms with Gasteiger partial charge in [-0.15, -0.1) is 0 Å². The Bertz CT molecular complexity index is 305. The van der Waals surface area contributed by atoms with Gasteiger partial charge in [0.1, 0.15) is 6.04 Å². The number of unbranched alkanes of at least 4 members (excludes halogenated alkanes) is 4. The molecular formula is C14H26N2O3. The van der Waals surface area contributed by atoms with Crippen LogP contribution in [0.25, 0.3) is 0 Å². The first-order valence-corrected chi connectivity index (χ1v) is 7.30. The van der Waals surface area contributed by atoms with Gasteiger partial charge in [-0.05, 0) is 12.3 Å². The average Bonchev–Trinajstić information content (AvgIpc) is 2.69. The normalized spacial score (nSPS) is 22.4. The number of nitrogens with one attached hydrogen (secondary N) is 2. The van der Waals surface area contributed by atoms with Crippen molar-refractivity contribution in [1.29, 1.82) is 0 Å². The molecule has 1 rings (SSSR count). The smallest absolute Gasteiger partial charge is 0.328 e. The predicted octanol–water partition coefficient (Wildman–Crippen LogP) is 2.51. The number of aliphatic carboxylic acids is 1. The zero-order valence-electron chi connectivity index (χ0n) is 11.9. The highest BCUT2D eigenvalue weighted by Crippen LogP contribution is 2.14. The molecule has 19 heavy (non-hydrogen) atoms. The van der Waals surface area contributed by atoms with E-state index >= 15 is 0 Å². The summed E-state index contributed by atoms with van der Waals surface area (Å²) in [7, 11) is 0. The number of carboxylic acids is 1. The second-order valence-electron chi connectivity index (χ2n) is 5.78. The van der Waals surface area contributed by atoms with Crippen molar-refractivity contribution >= 4 is 12.0 Å². The molecule has 0 aromatic heterocycles. The van der Waals surface area contributed by atoms with Crippen LogP contribution in [-0.2, 0) is 4.79 Å². The van der Waals surface area contributed by atoms with Crippen LogP contribution in [0.1, 0.15) is 58.8 Å². The number of urea groups is 1. The van der Waals surface area contributed by atoms with E-state index in [1.54, 1.807) is 0 Å². The standard InChI is InChI=1S/C14H26N2O3/c1-10(2)8-6-4-3-5-7-9-11-12(13(17)18)16-14(19)15-11/h10-12H,3-9H2,1-2H3,(H,17,18)(H2,15,16,19). The van der Waals surface area contributed by atoms with Crippen LogP contribution in [0.15, 0.2) is 0 Å². The van der Waals surface area contributed by atoms with Gasteiger partial charge in [0.05, 0.1) is 6.04 Å². The van der Waals surface area contributed by atoms with Crippen molar-refractivity contribution < 1.29 is 14.7 Å². The van der Waals surface area contributed by atoms with Crippen LogP contribution >= 0.6 is 0 Å². The molecule has 1 heterocycles. The van der Waals surface area contributed by atoms with Crippen molar-refractivity contribution in [2.75, 3.05) is 0 Å². The summed E-state index contributed by atoms with van der Waals surface area (Å²) >= 11 is 0. The van der Waals surface area contributed by atoms with Gasteiger partial charge >= 0.3 is 12.0 Å². The Labute approximate surface area is 115 Å². The fourth-order valence-corrected chi connectivity index (χ4v) is 2.46. The second-order valence-corrected chi connectivity index (χ2v) is 5.78. The number of carboxylic acid groups (broad SMARTS) is 1. The van der Waals surface area contributed by atoms with Gasteiger partial charge in [-0.25, -0.2) is 9.59 Å². The Morgan fingerprint density at radius 3 is 2.42 bits per heavy atom. The fraction of sp³-hybridized carbons (Fsp3) is 0.857. The highest BCUT2D eigenvalue weighted by molar-refractivity contribution is 5.87. The zero-order valence-corrected chi connectivity index (χ0v) is 11.9. The minimum absolute atomic E-state index is 0.263. The van der Waals surface area contributed by atoms with E-state index in [1.165, 1.54) is 25.7 Å². The van der Waals surface area contributed by atoms with Gasteiger partial charge in [-0.2, -0.15) is 0 Å². The van der Waals surface area contributed by atoms with Gasteiger partial charge < -0.3 is 15.7 Å². The summed E-state index contributed by atoms with van der Waals surface area (Å²) in [5, 5.41) is 14.1. The Balaban J connectivity index is 2.08. The van der Waals surface area contributed by atoms with Crippen LogP contribution in [0, 0.1) is 5.92 Å². The van der Waals surface area contributed by atoms with Gasteiger partial charge in [0.15, 0.2) is 0 Å². The van der Waals surface area contributed by atoms with E-state index in [-0.39, 0.29) is 12.1 Å². The number of hydrogen-bond acceptors (Lipinski definition) is 2. The molecule has 0 bridgehead atoms.